The second-order valence-corrected chi connectivity index (χ2v) is 7.82. The van der Waals surface area contributed by atoms with E-state index in [1.807, 2.05) is 25.1 Å². The van der Waals surface area contributed by atoms with E-state index in [1.54, 1.807) is 18.2 Å². The molecule has 0 aliphatic heterocycles. The molecule has 0 bridgehead atoms. The highest BCUT2D eigenvalue weighted by Crippen LogP contribution is 2.28. The molecule has 1 aromatic heterocycles. The third-order valence-electron chi connectivity index (χ3n) is 3.40. The van der Waals surface area contributed by atoms with E-state index in [2.05, 4.69) is 25.9 Å². The van der Waals surface area contributed by atoms with Gasteiger partial charge in [-0.25, -0.2) is 13.4 Å². The molecule has 4 nitrogen and oxygen atoms in total. The first kappa shape index (κ1) is 14.3. The first-order chi connectivity index (χ1) is 9.86. The van der Waals surface area contributed by atoms with Gasteiger partial charge in [0.25, 0.3) is 0 Å². The van der Waals surface area contributed by atoms with Crippen LogP contribution in [0, 0.1) is 6.92 Å². The fourth-order valence-electron chi connectivity index (χ4n) is 2.21. The molecule has 3 rings (SSSR count). The number of fused-ring (bicyclic) bond motifs is 1. The van der Waals surface area contributed by atoms with Crippen LogP contribution >= 0.6 is 15.9 Å². The van der Waals surface area contributed by atoms with E-state index in [9.17, 15) is 8.42 Å². The fraction of sp³-hybridized carbons (Fsp3) is 0.133. The molecular formula is C15H13BrN2O2S. The lowest BCUT2D eigenvalue weighted by atomic mass is 10.1. The number of aromatic amines is 1. The Hall–Kier alpha value is -1.66. The highest BCUT2D eigenvalue weighted by atomic mass is 79.9. The lowest BCUT2D eigenvalue weighted by Gasteiger charge is -2.03. The summed E-state index contributed by atoms with van der Waals surface area (Å²) >= 11 is 3.50. The maximum absolute atomic E-state index is 11.6. The Morgan fingerprint density at radius 2 is 1.95 bits per heavy atom. The number of aromatic nitrogens is 2. The van der Waals surface area contributed by atoms with Crippen LogP contribution in [0.25, 0.3) is 22.4 Å². The van der Waals surface area contributed by atoms with Crippen LogP contribution in [-0.4, -0.2) is 24.6 Å². The molecule has 1 N–H and O–H groups in total. The number of sulfone groups is 1. The molecule has 1 heterocycles. The Bertz CT molecular complexity index is 945. The van der Waals surface area contributed by atoms with Crippen molar-refractivity contribution in [2.45, 2.75) is 11.8 Å². The number of nitrogens with one attached hydrogen (secondary N) is 1. The molecule has 3 aromatic rings. The summed E-state index contributed by atoms with van der Waals surface area (Å²) in [6, 6.07) is 10.8. The van der Waals surface area contributed by atoms with Gasteiger partial charge in [0, 0.05) is 16.3 Å². The third kappa shape index (κ3) is 2.61. The van der Waals surface area contributed by atoms with Crippen LogP contribution in [0.2, 0.25) is 0 Å². The van der Waals surface area contributed by atoms with Gasteiger partial charge in [-0.15, -0.1) is 0 Å². The number of hydrogen-bond acceptors (Lipinski definition) is 3. The number of rotatable bonds is 2. The molecule has 0 unspecified atom stereocenters. The third-order valence-corrected chi connectivity index (χ3v) is 5.37. The van der Waals surface area contributed by atoms with Crippen molar-refractivity contribution in [1.82, 2.24) is 9.97 Å². The molecule has 21 heavy (non-hydrogen) atoms. The van der Waals surface area contributed by atoms with E-state index in [0.29, 0.717) is 5.52 Å². The summed E-state index contributed by atoms with van der Waals surface area (Å²) in [5.41, 5.74) is 3.53. The van der Waals surface area contributed by atoms with Gasteiger partial charge < -0.3 is 4.98 Å². The van der Waals surface area contributed by atoms with Crippen molar-refractivity contribution in [3.8, 4) is 11.4 Å². The Morgan fingerprint density at radius 3 is 2.67 bits per heavy atom. The number of H-pyrrole nitrogens is 1. The molecule has 0 atom stereocenters. The minimum Gasteiger partial charge on any atom is -0.338 e. The van der Waals surface area contributed by atoms with Gasteiger partial charge >= 0.3 is 0 Å². The zero-order chi connectivity index (χ0) is 15.2. The maximum atomic E-state index is 11.6. The standard InChI is InChI=1S/C15H13BrN2O2S/c1-9-11(4-3-5-12(9)16)15-17-13-7-6-10(21(2,19)20)8-14(13)18-15/h3-8H,1-2H3,(H,17,18). The lowest BCUT2D eigenvalue weighted by molar-refractivity contribution is 0.602. The Balaban J connectivity index is 2.20. The van der Waals surface area contributed by atoms with E-state index in [1.165, 1.54) is 6.26 Å². The van der Waals surface area contributed by atoms with Crippen LogP contribution in [0.5, 0.6) is 0 Å². The van der Waals surface area contributed by atoms with Gasteiger partial charge in [0.15, 0.2) is 9.84 Å². The average molecular weight is 365 g/mol. The number of imidazole rings is 1. The van der Waals surface area contributed by atoms with Gasteiger partial charge in [-0.05, 0) is 36.8 Å². The first-order valence-electron chi connectivity index (χ1n) is 6.31. The van der Waals surface area contributed by atoms with Gasteiger partial charge in [0.05, 0.1) is 15.9 Å². The molecular weight excluding hydrogens is 352 g/mol. The van der Waals surface area contributed by atoms with Crippen molar-refractivity contribution in [2.24, 2.45) is 0 Å². The quantitative estimate of drug-likeness (QED) is 0.753. The van der Waals surface area contributed by atoms with E-state index in [0.717, 1.165) is 26.9 Å². The monoisotopic (exact) mass is 364 g/mol. The molecule has 0 aliphatic carbocycles. The molecule has 0 spiro atoms. The Kier molecular flexibility index (Phi) is 3.37. The maximum Gasteiger partial charge on any atom is 0.175 e. The van der Waals surface area contributed by atoms with Crippen molar-refractivity contribution < 1.29 is 8.42 Å². The fourth-order valence-corrected chi connectivity index (χ4v) is 3.22. The van der Waals surface area contributed by atoms with E-state index in [4.69, 9.17) is 0 Å². The second-order valence-electron chi connectivity index (χ2n) is 4.95. The zero-order valence-electron chi connectivity index (χ0n) is 11.5. The zero-order valence-corrected chi connectivity index (χ0v) is 13.9. The van der Waals surface area contributed by atoms with E-state index >= 15 is 0 Å². The van der Waals surface area contributed by atoms with Gasteiger partial charge in [-0.2, -0.15) is 0 Å². The predicted molar refractivity (Wildman–Crippen MR) is 87.1 cm³/mol. The summed E-state index contributed by atoms with van der Waals surface area (Å²) < 4.78 is 24.2. The summed E-state index contributed by atoms with van der Waals surface area (Å²) in [7, 11) is -3.22. The molecule has 0 amide bonds. The van der Waals surface area contributed by atoms with Crippen molar-refractivity contribution in [3.63, 3.8) is 0 Å². The van der Waals surface area contributed by atoms with Crippen molar-refractivity contribution in [2.75, 3.05) is 6.26 Å². The summed E-state index contributed by atoms with van der Waals surface area (Å²) in [4.78, 5) is 8.02. The first-order valence-corrected chi connectivity index (χ1v) is 9.00. The molecule has 0 aliphatic rings. The summed E-state index contributed by atoms with van der Waals surface area (Å²) in [6.45, 7) is 2.01. The topological polar surface area (TPSA) is 62.8 Å². The summed E-state index contributed by atoms with van der Waals surface area (Å²) in [6.07, 6.45) is 1.20. The highest BCUT2D eigenvalue weighted by molar-refractivity contribution is 9.10. The molecule has 0 saturated carbocycles. The largest absolute Gasteiger partial charge is 0.338 e. The predicted octanol–water partition coefficient (Wildman–Crippen LogP) is 3.70. The average Bonchev–Trinajstić information content (AvgIpc) is 2.83. The van der Waals surface area contributed by atoms with Gasteiger partial charge in [0.1, 0.15) is 5.82 Å². The van der Waals surface area contributed by atoms with Gasteiger partial charge in [0.2, 0.25) is 0 Å². The van der Waals surface area contributed by atoms with Gasteiger partial charge in [-0.1, -0.05) is 28.1 Å². The minimum absolute atomic E-state index is 0.288. The molecule has 0 saturated heterocycles. The van der Waals surface area contributed by atoms with Crippen molar-refractivity contribution in [1.29, 1.82) is 0 Å². The van der Waals surface area contributed by atoms with Crippen molar-refractivity contribution in [3.05, 3.63) is 46.4 Å². The molecule has 2 aromatic carbocycles. The smallest absolute Gasteiger partial charge is 0.175 e. The van der Waals surface area contributed by atoms with Crippen LogP contribution in [0.3, 0.4) is 0 Å². The van der Waals surface area contributed by atoms with Crippen molar-refractivity contribution >= 4 is 36.8 Å². The van der Waals surface area contributed by atoms with E-state index < -0.39 is 9.84 Å². The Morgan fingerprint density at radius 1 is 1.19 bits per heavy atom. The minimum atomic E-state index is -3.22. The molecule has 0 radical (unpaired) electrons. The van der Waals surface area contributed by atoms with Crippen LogP contribution in [0.4, 0.5) is 0 Å². The number of halogens is 1. The SMILES string of the molecule is Cc1c(Br)cccc1-c1nc2ccc(S(C)(=O)=O)cc2[nH]1. The highest BCUT2D eigenvalue weighted by Gasteiger charge is 2.12. The lowest BCUT2D eigenvalue weighted by Crippen LogP contribution is -1.96. The number of benzene rings is 2. The summed E-state index contributed by atoms with van der Waals surface area (Å²) in [5, 5.41) is 0. The van der Waals surface area contributed by atoms with Crippen LogP contribution in [0.15, 0.2) is 45.8 Å². The van der Waals surface area contributed by atoms with E-state index in [-0.39, 0.29) is 4.90 Å². The van der Waals surface area contributed by atoms with Crippen LogP contribution in [-0.2, 0) is 9.84 Å². The summed E-state index contributed by atoms with van der Waals surface area (Å²) in [5.74, 6) is 0.731. The number of nitrogens with zero attached hydrogens (tertiary/aromatic N) is 1. The van der Waals surface area contributed by atoms with Gasteiger partial charge in [-0.3, -0.25) is 0 Å². The normalized spacial score (nSPS) is 12.0. The number of hydrogen-bond donors (Lipinski definition) is 1. The molecule has 108 valence electrons. The Labute approximate surface area is 131 Å². The molecule has 6 heteroatoms. The molecule has 0 fully saturated rings. The van der Waals surface area contributed by atoms with Crippen LogP contribution < -0.4 is 0 Å². The second kappa shape index (κ2) is 4.96. The van der Waals surface area contributed by atoms with Crippen LogP contribution in [0.1, 0.15) is 5.56 Å².